The Morgan fingerprint density at radius 1 is 0.900 bits per heavy atom. The standard InChI is InChI=1S/C12H4Cl4F3N/c13-8-1-5(2-9(14)10(8)15)7-3-6(12(17,18)19)4-20-11(7)16/h1-4H. The summed E-state index contributed by atoms with van der Waals surface area (Å²) in [5.74, 6) is 0. The number of pyridine rings is 1. The van der Waals surface area contributed by atoms with Crippen molar-refractivity contribution in [1.82, 2.24) is 4.98 Å². The van der Waals surface area contributed by atoms with Gasteiger partial charge in [0.1, 0.15) is 5.15 Å². The van der Waals surface area contributed by atoms with E-state index in [4.69, 9.17) is 46.4 Å². The number of halogens is 7. The van der Waals surface area contributed by atoms with Crippen molar-refractivity contribution < 1.29 is 13.2 Å². The summed E-state index contributed by atoms with van der Waals surface area (Å²) < 4.78 is 38.0. The van der Waals surface area contributed by atoms with E-state index in [9.17, 15) is 13.2 Å². The summed E-state index contributed by atoms with van der Waals surface area (Å²) in [4.78, 5) is 3.53. The van der Waals surface area contributed by atoms with E-state index in [1.54, 1.807) is 0 Å². The molecule has 8 heteroatoms. The fourth-order valence-corrected chi connectivity index (χ4v) is 2.33. The molecular formula is C12H4Cl4F3N. The molecule has 2 aromatic rings. The molecule has 2 rings (SSSR count). The van der Waals surface area contributed by atoms with Crippen LogP contribution in [0, 0.1) is 0 Å². The predicted molar refractivity (Wildman–Crippen MR) is 74.7 cm³/mol. The van der Waals surface area contributed by atoms with E-state index < -0.39 is 11.7 Å². The highest BCUT2D eigenvalue weighted by atomic mass is 35.5. The molecule has 106 valence electrons. The molecule has 1 nitrogen and oxygen atoms in total. The third kappa shape index (κ3) is 3.14. The van der Waals surface area contributed by atoms with Crippen LogP contribution >= 0.6 is 46.4 Å². The van der Waals surface area contributed by atoms with Crippen LogP contribution in [0.4, 0.5) is 13.2 Å². The maximum atomic E-state index is 12.7. The highest BCUT2D eigenvalue weighted by Crippen LogP contribution is 2.39. The van der Waals surface area contributed by atoms with Crippen LogP contribution in [0.1, 0.15) is 5.56 Å². The van der Waals surface area contributed by atoms with Crippen LogP contribution in [-0.2, 0) is 6.18 Å². The second-order valence-corrected chi connectivity index (χ2v) is 5.36. The molecule has 0 aliphatic heterocycles. The molecule has 0 aliphatic rings. The topological polar surface area (TPSA) is 12.9 Å². The van der Waals surface area contributed by atoms with Crippen molar-refractivity contribution in [3.05, 3.63) is 50.2 Å². The number of hydrogen-bond acceptors (Lipinski definition) is 1. The molecule has 0 fully saturated rings. The predicted octanol–water partition coefficient (Wildman–Crippen LogP) is 6.38. The molecule has 0 saturated heterocycles. The Morgan fingerprint density at radius 2 is 1.45 bits per heavy atom. The van der Waals surface area contributed by atoms with Gasteiger partial charge in [-0.25, -0.2) is 4.98 Å². The Morgan fingerprint density at radius 3 is 1.95 bits per heavy atom. The largest absolute Gasteiger partial charge is 0.417 e. The van der Waals surface area contributed by atoms with Gasteiger partial charge < -0.3 is 0 Å². The van der Waals surface area contributed by atoms with Crippen LogP contribution in [0.25, 0.3) is 11.1 Å². The van der Waals surface area contributed by atoms with Crippen molar-refractivity contribution in [3.63, 3.8) is 0 Å². The third-order valence-corrected chi connectivity index (χ3v) is 3.96. The number of hydrogen-bond donors (Lipinski definition) is 0. The second kappa shape index (κ2) is 5.60. The zero-order valence-electron chi connectivity index (χ0n) is 9.40. The number of rotatable bonds is 1. The van der Waals surface area contributed by atoms with E-state index in [0.717, 1.165) is 6.07 Å². The molecule has 0 N–H and O–H groups in total. The van der Waals surface area contributed by atoms with E-state index in [1.807, 2.05) is 0 Å². The monoisotopic (exact) mass is 359 g/mol. The first-order valence-electron chi connectivity index (χ1n) is 5.08. The van der Waals surface area contributed by atoms with Crippen LogP contribution in [0.15, 0.2) is 24.4 Å². The molecule has 1 aromatic carbocycles. The molecule has 20 heavy (non-hydrogen) atoms. The van der Waals surface area contributed by atoms with Gasteiger partial charge in [0, 0.05) is 11.8 Å². The summed E-state index contributed by atoms with van der Waals surface area (Å²) in [6.45, 7) is 0. The smallest absolute Gasteiger partial charge is 0.243 e. The summed E-state index contributed by atoms with van der Waals surface area (Å²) in [7, 11) is 0. The van der Waals surface area contributed by atoms with Gasteiger partial charge in [-0.15, -0.1) is 0 Å². The quantitative estimate of drug-likeness (QED) is 0.424. The second-order valence-electron chi connectivity index (χ2n) is 3.81. The van der Waals surface area contributed by atoms with Gasteiger partial charge in [0.15, 0.2) is 0 Å². The van der Waals surface area contributed by atoms with Gasteiger partial charge in [-0.2, -0.15) is 13.2 Å². The highest BCUT2D eigenvalue weighted by Gasteiger charge is 2.31. The van der Waals surface area contributed by atoms with E-state index in [2.05, 4.69) is 4.98 Å². The maximum Gasteiger partial charge on any atom is 0.417 e. The number of alkyl halides is 3. The maximum absolute atomic E-state index is 12.7. The van der Waals surface area contributed by atoms with E-state index in [0.29, 0.717) is 11.8 Å². The molecule has 0 spiro atoms. The van der Waals surface area contributed by atoms with Crippen LogP contribution in [0.5, 0.6) is 0 Å². The molecular weight excluding hydrogens is 357 g/mol. The SMILES string of the molecule is FC(F)(F)c1cnc(Cl)c(-c2cc(Cl)c(Cl)c(Cl)c2)c1. The van der Waals surface area contributed by atoms with Gasteiger partial charge in [0.05, 0.1) is 20.6 Å². The molecule has 0 amide bonds. The number of nitrogens with zero attached hydrogens (tertiary/aromatic N) is 1. The summed E-state index contributed by atoms with van der Waals surface area (Å²) in [5, 5.41) is 0.255. The Balaban J connectivity index is 2.63. The lowest BCUT2D eigenvalue weighted by Crippen LogP contribution is -2.05. The lowest BCUT2D eigenvalue weighted by Gasteiger charge is -2.11. The van der Waals surface area contributed by atoms with Crippen molar-refractivity contribution in [2.45, 2.75) is 6.18 Å². The summed E-state index contributed by atoms with van der Waals surface area (Å²) in [5.41, 5.74) is -0.547. The average Bonchev–Trinajstić information content (AvgIpc) is 2.34. The molecule has 1 heterocycles. The van der Waals surface area contributed by atoms with Gasteiger partial charge >= 0.3 is 6.18 Å². The van der Waals surface area contributed by atoms with Crippen molar-refractivity contribution in [2.24, 2.45) is 0 Å². The van der Waals surface area contributed by atoms with Crippen LogP contribution in [0.3, 0.4) is 0 Å². The van der Waals surface area contributed by atoms with E-state index >= 15 is 0 Å². The molecule has 1 aromatic heterocycles. The van der Waals surface area contributed by atoms with Gasteiger partial charge in [0.2, 0.25) is 0 Å². The molecule has 0 atom stereocenters. The highest BCUT2D eigenvalue weighted by molar-refractivity contribution is 6.48. The summed E-state index contributed by atoms with van der Waals surface area (Å²) in [6.07, 6.45) is -3.86. The van der Waals surface area contributed by atoms with Crippen LogP contribution < -0.4 is 0 Å². The summed E-state index contributed by atoms with van der Waals surface area (Å²) in [6, 6.07) is 3.63. The van der Waals surface area contributed by atoms with Gasteiger partial charge in [0.25, 0.3) is 0 Å². The van der Waals surface area contributed by atoms with Crippen molar-refractivity contribution in [1.29, 1.82) is 0 Å². The molecule has 0 aliphatic carbocycles. The zero-order valence-corrected chi connectivity index (χ0v) is 12.4. The van der Waals surface area contributed by atoms with Gasteiger partial charge in [-0.1, -0.05) is 46.4 Å². The van der Waals surface area contributed by atoms with Crippen molar-refractivity contribution in [3.8, 4) is 11.1 Å². The van der Waals surface area contributed by atoms with E-state index in [-0.39, 0.29) is 25.8 Å². The lowest BCUT2D eigenvalue weighted by molar-refractivity contribution is -0.137. The molecule has 0 radical (unpaired) electrons. The lowest BCUT2D eigenvalue weighted by atomic mass is 10.1. The minimum Gasteiger partial charge on any atom is -0.243 e. The molecule has 0 unspecified atom stereocenters. The zero-order chi connectivity index (χ0) is 15.1. The fourth-order valence-electron chi connectivity index (χ4n) is 1.52. The first-order valence-corrected chi connectivity index (χ1v) is 6.59. The number of benzene rings is 1. The molecule has 0 saturated carbocycles. The average molecular weight is 361 g/mol. The van der Waals surface area contributed by atoms with Gasteiger partial charge in [-0.05, 0) is 23.8 Å². The first-order chi connectivity index (χ1) is 9.20. The minimum absolute atomic E-state index is 0.0713. The normalized spacial score (nSPS) is 11.8. The van der Waals surface area contributed by atoms with Crippen molar-refractivity contribution >= 4 is 46.4 Å². The third-order valence-electron chi connectivity index (χ3n) is 2.46. The Labute approximate surface area is 132 Å². The first kappa shape index (κ1) is 15.7. The Bertz CT molecular complexity index is 647. The Hall–Kier alpha value is -0.680. The number of aromatic nitrogens is 1. The van der Waals surface area contributed by atoms with Crippen LogP contribution in [-0.4, -0.2) is 4.98 Å². The van der Waals surface area contributed by atoms with Gasteiger partial charge in [-0.3, -0.25) is 0 Å². The Kier molecular flexibility index (Phi) is 4.40. The minimum atomic E-state index is -4.52. The fraction of sp³-hybridized carbons (Fsp3) is 0.0833. The summed E-state index contributed by atoms with van der Waals surface area (Å²) >= 11 is 23.3. The molecule has 0 bridgehead atoms. The van der Waals surface area contributed by atoms with E-state index in [1.165, 1.54) is 12.1 Å². The van der Waals surface area contributed by atoms with Crippen molar-refractivity contribution in [2.75, 3.05) is 0 Å². The van der Waals surface area contributed by atoms with Crippen LogP contribution in [0.2, 0.25) is 20.2 Å².